The highest BCUT2D eigenvalue weighted by molar-refractivity contribution is 6.33. The third-order valence-electron chi connectivity index (χ3n) is 2.92. The standard InChI is InChI=1S/C15H11ClN2O5/c1-23-15(20)11-4-3-10(7-12(11)16)17-8-9-2-5-14(19)13(6-9)18(21)22/h2-8,19H,1H3. The number of halogens is 1. The number of aromatic hydroxyl groups is 1. The van der Waals surface area contributed by atoms with Crippen LogP contribution in [-0.4, -0.2) is 29.3 Å². The number of nitro benzene ring substituents is 1. The maximum atomic E-state index is 11.4. The molecule has 0 unspecified atom stereocenters. The van der Waals surface area contributed by atoms with E-state index in [9.17, 15) is 20.0 Å². The van der Waals surface area contributed by atoms with Gasteiger partial charge >= 0.3 is 11.7 Å². The SMILES string of the molecule is COC(=O)c1ccc(N=Cc2ccc(O)c([N+](=O)[O-])c2)cc1Cl. The molecule has 0 saturated carbocycles. The Hall–Kier alpha value is -2.93. The van der Waals surface area contributed by atoms with E-state index in [0.29, 0.717) is 11.3 Å². The van der Waals surface area contributed by atoms with Crippen molar-refractivity contribution in [3.05, 3.63) is 62.7 Å². The molecule has 2 aromatic carbocycles. The maximum absolute atomic E-state index is 11.4. The quantitative estimate of drug-likeness (QED) is 0.399. The summed E-state index contributed by atoms with van der Waals surface area (Å²) >= 11 is 5.98. The molecule has 0 aromatic heterocycles. The number of hydrogen-bond acceptors (Lipinski definition) is 6. The second-order valence-corrected chi connectivity index (χ2v) is 4.83. The molecule has 0 spiro atoms. The number of nitrogens with zero attached hydrogens (tertiary/aromatic N) is 2. The smallest absolute Gasteiger partial charge is 0.339 e. The number of carbonyl (C=O) groups excluding carboxylic acids is 1. The van der Waals surface area contributed by atoms with Crippen molar-refractivity contribution < 1.29 is 19.6 Å². The van der Waals surface area contributed by atoms with Crippen molar-refractivity contribution in [2.45, 2.75) is 0 Å². The van der Waals surface area contributed by atoms with Gasteiger partial charge in [0, 0.05) is 12.3 Å². The molecule has 8 heteroatoms. The minimum atomic E-state index is -0.686. The summed E-state index contributed by atoms with van der Waals surface area (Å²) in [6, 6.07) is 8.40. The molecule has 0 heterocycles. The van der Waals surface area contributed by atoms with E-state index in [1.807, 2.05) is 0 Å². The fourth-order valence-corrected chi connectivity index (χ4v) is 2.03. The van der Waals surface area contributed by atoms with Crippen LogP contribution < -0.4 is 0 Å². The first kappa shape index (κ1) is 16.4. The second kappa shape index (κ2) is 6.89. The molecule has 7 nitrogen and oxygen atoms in total. The maximum Gasteiger partial charge on any atom is 0.339 e. The Morgan fingerprint density at radius 1 is 1.35 bits per heavy atom. The first-order valence-electron chi connectivity index (χ1n) is 6.31. The zero-order chi connectivity index (χ0) is 17.0. The predicted molar refractivity (Wildman–Crippen MR) is 84.8 cm³/mol. The average Bonchev–Trinajstić information content (AvgIpc) is 2.53. The van der Waals surface area contributed by atoms with Crippen molar-refractivity contribution in [2.75, 3.05) is 7.11 Å². The van der Waals surface area contributed by atoms with Gasteiger partial charge < -0.3 is 9.84 Å². The number of esters is 1. The molecule has 0 amide bonds. The lowest BCUT2D eigenvalue weighted by molar-refractivity contribution is -0.385. The van der Waals surface area contributed by atoms with E-state index in [1.54, 1.807) is 6.07 Å². The third kappa shape index (κ3) is 3.83. The minimum absolute atomic E-state index is 0.184. The number of phenols is 1. The molecule has 0 aliphatic carbocycles. The monoisotopic (exact) mass is 334 g/mol. The van der Waals surface area contributed by atoms with Crippen molar-refractivity contribution in [1.29, 1.82) is 0 Å². The van der Waals surface area contributed by atoms with Crippen LogP contribution in [0.2, 0.25) is 5.02 Å². The highest BCUT2D eigenvalue weighted by Gasteiger charge is 2.13. The van der Waals surface area contributed by atoms with Gasteiger partial charge in [-0.05, 0) is 35.9 Å². The molecule has 2 aromatic rings. The van der Waals surface area contributed by atoms with Crippen LogP contribution in [0.5, 0.6) is 5.75 Å². The average molecular weight is 335 g/mol. The molecule has 23 heavy (non-hydrogen) atoms. The lowest BCUT2D eigenvalue weighted by Crippen LogP contribution is -2.01. The van der Waals surface area contributed by atoms with Gasteiger partial charge in [-0.15, -0.1) is 0 Å². The number of rotatable bonds is 4. The largest absolute Gasteiger partial charge is 0.502 e. The van der Waals surface area contributed by atoms with Gasteiger partial charge in [0.2, 0.25) is 0 Å². The second-order valence-electron chi connectivity index (χ2n) is 4.42. The fraction of sp³-hybridized carbons (Fsp3) is 0.0667. The molecule has 0 radical (unpaired) electrons. The Bertz CT molecular complexity index is 804. The molecule has 0 aliphatic rings. The summed E-state index contributed by atoms with van der Waals surface area (Å²) < 4.78 is 4.58. The third-order valence-corrected chi connectivity index (χ3v) is 3.23. The van der Waals surface area contributed by atoms with Crippen LogP contribution in [0.15, 0.2) is 41.4 Å². The Kier molecular flexibility index (Phi) is 4.92. The van der Waals surface area contributed by atoms with Crippen molar-refractivity contribution in [2.24, 2.45) is 4.99 Å². The Balaban J connectivity index is 2.27. The van der Waals surface area contributed by atoms with Crippen molar-refractivity contribution in [3.8, 4) is 5.75 Å². The number of carbonyl (C=O) groups is 1. The molecule has 1 N–H and O–H groups in total. The van der Waals surface area contributed by atoms with Gasteiger partial charge in [-0.25, -0.2) is 4.79 Å². The summed E-state index contributed by atoms with van der Waals surface area (Å²) in [6.07, 6.45) is 1.38. The Morgan fingerprint density at radius 2 is 2.09 bits per heavy atom. The molecule has 118 valence electrons. The van der Waals surface area contributed by atoms with Crippen LogP contribution >= 0.6 is 11.6 Å². The van der Waals surface area contributed by atoms with E-state index in [2.05, 4.69) is 9.73 Å². The van der Waals surface area contributed by atoms with E-state index in [1.165, 1.54) is 43.7 Å². The van der Waals surface area contributed by atoms with Crippen LogP contribution in [-0.2, 0) is 4.74 Å². The van der Waals surface area contributed by atoms with Crippen LogP contribution in [0.1, 0.15) is 15.9 Å². The lowest BCUT2D eigenvalue weighted by Gasteiger charge is -2.03. The number of benzene rings is 2. The van der Waals surface area contributed by atoms with Gasteiger partial charge in [0.05, 0.1) is 28.3 Å². The number of phenolic OH excluding ortho intramolecular Hbond substituents is 1. The summed E-state index contributed by atoms with van der Waals surface area (Å²) in [6.45, 7) is 0. The molecular formula is C15H11ClN2O5. The van der Waals surface area contributed by atoms with Crippen LogP contribution in [0, 0.1) is 10.1 Å². The molecular weight excluding hydrogens is 324 g/mol. The Labute approximate surface area is 136 Å². The highest BCUT2D eigenvalue weighted by atomic mass is 35.5. The van der Waals surface area contributed by atoms with Gasteiger partial charge in [-0.2, -0.15) is 0 Å². The van der Waals surface area contributed by atoms with Gasteiger partial charge in [0.25, 0.3) is 0 Å². The summed E-state index contributed by atoms with van der Waals surface area (Å²) in [5.74, 6) is -0.975. The number of nitro groups is 1. The molecule has 0 fully saturated rings. The van der Waals surface area contributed by atoms with E-state index >= 15 is 0 Å². The summed E-state index contributed by atoms with van der Waals surface area (Å²) in [7, 11) is 1.25. The summed E-state index contributed by atoms with van der Waals surface area (Å²) in [5.41, 5.74) is 0.697. The first-order chi connectivity index (χ1) is 10.9. The van der Waals surface area contributed by atoms with Crippen molar-refractivity contribution >= 4 is 35.2 Å². The fourth-order valence-electron chi connectivity index (χ4n) is 1.78. The number of ether oxygens (including phenoxy) is 1. The minimum Gasteiger partial charge on any atom is -0.502 e. The van der Waals surface area contributed by atoms with Crippen molar-refractivity contribution in [3.63, 3.8) is 0 Å². The Morgan fingerprint density at radius 3 is 2.70 bits per heavy atom. The summed E-state index contributed by atoms with van der Waals surface area (Å²) in [4.78, 5) is 25.6. The predicted octanol–water partition coefficient (Wildman–Crippen LogP) is 3.49. The van der Waals surface area contributed by atoms with Gasteiger partial charge in [0.1, 0.15) is 0 Å². The molecule has 0 aliphatic heterocycles. The van der Waals surface area contributed by atoms with Crippen LogP contribution in [0.25, 0.3) is 0 Å². The number of methoxy groups -OCH3 is 1. The van der Waals surface area contributed by atoms with E-state index in [4.69, 9.17) is 11.6 Å². The number of hydrogen-bond donors (Lipinski definition) is 1. The van der Waals surface area contributed by atoms with Gasteiger partial charge in [-0.1, -0.05) is 11.6 Å². The zero-order valence-electron chi connectivity index (χ0n) is 11.9. The summed E-state index contributed by atoms with van der Waals surface area (Å²) in [5, 5.41) is 20.3. The van der Waals surface area contributed by atoms with Crippen LogP contribution in [0.3, 0.4) is 0 Å². The van der Waals surface area contributed by atoms with E-state index < -0.39 is 22.3 Å². The topological polar surface area (TPSA) is 102 Å². The highest BCUT2D eigenvalue weighted by Crippen LogP contribution is 2.27. The molecule has 0 saturated heterocycles. The van der Waals surface area contributed by atoms with Gasteiger partial charge in [0.15, 0.2) is 5.75 Å². The van der Waals surface area contributed by atoms with Crippen molar-refractivity contribution in [1.82, 2.24) is 0 Å². The normalized spacial score (nSPS) is 10.7. The molecule has 0 bridgehead atoms. The lowest BCUT2D eigenvalue weighted by atomic mass is 10.2. The van der Waals surface area contributed by atoms with E-state index in [0.717, 1.165) is 0 Å². The first-order valence-corrected chi connectivity index (χ1v) is 6.69. The number of aliphatic imine (C=N–C) groups is 1. The molecule has 0 atom stereocenters. The molecule has 2 rings (SSSR count). The van der Waals surface area contributed by atoms with Crippen LogP contribution in [0.4, 0.5) is 11.4 Å². The zero-order valence-corrected chi connectivity index (χ0v) is 12.6. The van der Waals surface area contributed by atoms with E-state index in [-0.39, 0.29) is 10.6 Å². The van der Waals surface area contributed by atoms with Gasteiger partial charge in [-0.3, -0.25) is 15.1 Å².